The summed E-state index contributed by atoms with van der Waals surface area (Å²) in [6, 6.07) is 11.1. The number of carbonyl (C=O) groups is 1. The normalized spacial score (nSPS) is 16.1. The Morgan fingerprint density at radius 2 is 2.00 bits per heavy atom. The first-order valence-electron chi connectivity index (χ1n) is 8.72. The molecule has 144 valence electrons. The highest BCUT2D eigenvalue weighted by molar-refractivity contribution is 7.92. The number of rotatable bonds is 7. The minimum absolute atomic E-state index is 0.0167. The summed E-state index contributed by atoms with van der Waals surface area (Å²) in [7, 11) is -2.40. The smallest absolute Gasteiger partial charge is 0.265 e. The van der Waals surface area contributed by atoms with Gasteiger partial charge in [0.05, 0.1) is 23.4 Å². The molecule has 1 aliphatic heterocycles. The summed E-state index contributed by atoms with van der Waals surface area (Å²) in [4.78, 5) is 12.2. The molecule has 2 aromatic rings. The van der Waals surface area contributed by atoms with Crippen LogP contribution in [0.5, 0.6) is 11.5 Å². The molecule has 1 heterocycles. The number of hydrogen-bond acceptors (Lipinski definition) is 5. The highest BCUT2D eigenvalue weighted by atomic mass is 32.2. The van der Waals surface area contributed by atoms with E-state index in [0.29, 0.717) is 29.3 Å². The lowest BCUT2D eigenvalue weighted by Gasteiger charge is -2.26. The molecule has 0 spiro atoms. The van der Waals surface area contributed by atoms with Crippen LogP contribution in [0.1, 0.15) is 26.2 Å². The topological polar surface area (TPSA) is 93.7 Å². The Hall–Kier alpha value is -2.74. The molecule has 0 radical (unpaired) electrons. The predicted octanol–water partition coefficient (Wildman–Crippen LogP) is 3.39. The van der Waals surface area contributed by atoms with Gasteiger partial charge in [-0.2, -0.15) is 0 Å². The Kier molecular flexibility index (Phi) is 5.55. The van der Waals surface area contributed by atoms with Crippen LogP contribution < -0.4 is 19.5 Å². The molecule has 8 heteroatoms. The summed E-state index contributed by atoms with van der Waals surface area (Å²) in [5.41, 5.74) is 0.674. The first-order chi connectivity index (χ1) is 12.9. The van der Waals surface area contributed by atoms with Gasteiger partial charge in [0, 0.05) is 0 Å². The van der Waals surface area contributed by atoms with Gasteiger partial charge in [-0.05, 0) is 43.2 Å². The van der Waals surface area contributed by atoms with Crippen molar-refractivity contribution in [3.8, 4) is 11.5 Å². The third-order valence-corrected chi connectivity index (χ3v) is 5.62. The molecule has 0 aromatic heterocycles. The molecule has 0 fully saturated rings. The highest BCUT2D eigenvalue weighted by Gasteiger charge is 2.28. The summed E-state index contributed by atoms with van der Waals surface area (Å²) in [6.45, 7) is 2.04. The van der Waals surface area contributed by atoms with Gasteiger partial charge in [-0.1, -0.05) is 25.5 Å². The average Bonchev–Trinajstić information content (AvgIpc) is 2.66. The molecule has 0 saturated heterocycles. The lowest BCUT2D eigenvalue weighted by atomic mass is 10.1. The number of para-hydroxylation sites is 2. The number of unbranched alkanes of at least 4 members (excludes halogenated alkanes) is 1. The number of anilines is 2. The number of amides is 1. The SMILES string of the molecule is CCCCC1Oc2ccc(S(=O)(=O)Nc3ccccc3OC)cc2NC1=O. The maximum atomic E-state index is 12.7. The van der Waals surface area contributed by atoms with Crippen LogP contribution in [0.25, 0.3) is 0 Å². The number of carbonyl (C=O) groups excluding carboxylic acids is 1. The lowest BCUT2D eigenvalue weighted by Crippen LogP contribution is -2.37. The molecule has 7 nitrogen and oxygen atoms in total. The van der Waals surface area contributed by atoms with E-state index in [0.717, 1.165) is 12.8 Å². The van der Waals surface area contributed by atoms with Gasteiger partial charge in [-0.25, -0.2) is 8.42 Å². The molecule has 1 aliphatic rings. The van der Waals surface area contributed by atoms with E-state index in [4.69, 9.17) is 9.47 Å². The Labute approximate surface area is 158 Å². The third kappa shape index (κ3) is 4.16. The first kappa shape index (κ1) is 19.0. The second-order valence-corrected chi connectivity index (χ2v) is 7.88. The van der Waals surface area contributed by atoms with Crippen LogP contribution in [-0.4, -0.2) is 27.5 Å². The van der Waals surface area contributed by atoms with Crippen molar-refractivity contribution >= 4 is 27.3 Å². The molecule has 1 unspecified atom stereocenters. The number of hydrogen-bond donors (Lipinski definition) is 2. The fraction of sp³-hybridized carbons (Fsp3) is 0.316. The van der Waals surface area contributed by atoms with Crippen molar-refractivity contribution < 1.29 is 22.7 Å². The first-order valence-corrected chi connectivity index (χ1v) is 10.2. The van der Waals surface area contributed by atoms with E-state index in [2.05, 4.69) is 10.0 Å². The van der Waals surface area contributed by atoms with Crippen molar-refractivity contribution in [1.82, 2.24) is 0 Å². The van der Waals surface area contributed by atoms with Gasteiger partial charge in [0.1, 0.15) is 11.5 Å². The van der Waals surface area contributed by atoms with Gasteiger partial charge in [0.15, 0.2) is 6.10 Å². The van der Waals surface area contributed by atoms with Gasteiger partial charge < -0.3 is 14.8 Å². The maximum absolute atomic E-state index is 12.7. The Bertz CT molecular complexity index is 943. The van der Waals surface area contributed by atoms with E-state index in [1.807, 2.05) is 6.92 Å². The highest BCUT2D eigenvalue weighted by Crippen LogP contribution is 2.34. The largest absolute Gasteiger partial charge is 0.495 e. The van der Waals surface area contributed by atoms with E-state index in [1.165, 1.54) is 19.2 Å². The standard InChI is InChI=1S/C19H22N2O5S/c1-3-4-8-18-19(22)20-15-12-13(10-11-17(15)26-18)27(23,24)21-14-7-5-6-9-16(14)25-2/h5-7,9-12,18,21H,3-4,8H2,1-2H3,(H,20,22). The fourth-order valence-corrected chi connectivity index (χ4v) is 3.91. The van der Waals surface area contributed by atoms with Crippen molar-refractivity contribution in [1.29, 1.82) is 0 Å². The molecule has 27 heavy (non-hydrogen) atoms. The zero-order valence-electron chi connectivity index (χ0n) is 15.2. The monoisotopic (exact) mass is 390 g/mol. The maximum Gasteiger partial charge on any atom is 0.265 e. The second kappa shape index (κ2) is 7.87. The van der Waals surface area contributed by atoms with Gasteiger partial charge >= 0.3 is 0 Å². The predicted molar refractivity (Wildman–Crippen MR) is 103 cm³/mol. The summed E-state index contributed by atoms with van der Waals surface area (Å²) >= 11 is 0. The van der Waals surface area contributed by atoms with Crippen molar-refractivity contribution in [2.24, 2.45) is 0 Å². The molecule has 2 N–H and O–H groups in total. The summed E-state index contributed by atoms with van der Waals surface area (Å²) in [6.07, 6.45) is 1.91. The van der Waals surface area contributed by atoms with Crippen molar-refractivity contribution in [2.45, 2.75) is 37.2 Å². The molecule has 3 rings (SSSR count). The molecular formula is C19H22N2O5S. The van der Waals surface area contributed by atoms with Gasteiger partial charge in [0.25, 0.3) is 15.9 Å². The third-order valence-electron chi connectivity index (χ3n) is 4.25. The van der Waals surface area contributed by atoms with Crippen molar-refractivity contribution in [3.63, 3.8) is 0 Å². The minimum atomic E-state index is -3.86. The van der Waals surface area contributed by atoms with Crippen LogP contribution in [0, 0.1) is 0 Å². The molecule has 0 bridgehead atoms. The zero-order chi connectivity index (χ0) is 19.4. The number of benzene rings is 2. The van der Waals surface area contributed by atoms with Crippen LogP contribution in [0.2, 0.25) is 0 Å². The van der Waals surface area contributed by atoms with E-state index in [9.17, 15) is 13.2 Å². The average molecular weight is 390 g/mol. The Balaban J connectivity index is 1.84. The van der Waals surface area contributed by atoms with Crippen LogP contribution >= 0.6 is 0 Å². The number of fused-ring (bicyclic) bond motifs is 1. The van der Waals surface area contributed by atoms with E-state index in [-0.39, 0.29) is 10.8 Å². The lowest BCUT2D eigenvalue weighted by molar-refractivity contribution is -0.123. The summed E-state index contributed by atoms with van der Waals surface area (Å²) in [5, 5.41) is 2.74. The van der Waals surface area contributed by atoms with E-state index < -0.39 is 16.1 Å². The molecule has 1 amide bonds. The van der Waals surface area contributed by atoms with E-state index in [1.54, 1.807) is 30.3 Å². The number of nitrogens with one attached hydrogen (secondary N) is 2. The van der Waals surface area contributed by atoms with Crippen LogP contribution in [0.15, 0.2) is 47.4 Å². The summed E-state index contributed by atoms with van der Waals surface area (Å²) < 4.78 is 38.8. The van der Waals surface area contributed by atoms with E-state index >= 15 is 0 Å². The molecular weight excluding hydrogens is 368 g/mol. The Morgan fingerprint density at radius 3 is 2.74 bits per heavy atom. The van der Waals surface area contributed by atoms with Crippen molar-refractivity contribution in [3.05, 3.63) is 42.5 Å². The fourth-order valence-electron chi connectivity index (χ4n) is 2.81. The van der Waals surface area contributed by atoms with Crippen LogP contribution in [0.3, 0.4) is 0 Å². The van der Waals surface area contributed by atoms with Gasteiger partial charge in [-0.15, -0.1) is 0 Å². The number of methoxy groups -OCH3 is 1. The van der Waals surface area contributed by atoms with Crippen LogP contribution in [-0.2, 0) is 14.8 Å². The number of ether oxygens (including phenoxy) is 2. The molecule has 1 atom stereocenters. The van der Waals surface area contributed by atoms with Gasteiger partial charge in [0.2, 0.25) is 0 Å². The second-order valence-electron chi connectivity index (χ2n) is 6.20. The number of sulfonamides is 1. The van der Waals surface area contributed by atoms with Crippen LogP contribution in [0.4, 0.5) is 11.4 Å². The molecule has 2 aromatic carbocycles. The Morgan fingerprint density at radius 1 is 1.22 bits per heavy atom. The van der Waals surface area contributed by atoms with Crippen molar-refractivity contribution in [2.75, 3.05) is 17.1 Å². The quantitative estimate of drug-likeness (QED) is 0.756. The molecule has 0 saturated carbocycles. The summed E-state index contributed by atoms with van der Waals surface area (Å²) in [5.74, 6) is 0.615. The zero-order valence-corrected chi connectivity index (χ0v) is 16.0. The minimum Gasteiger partial charge on any atom is -0.495 e. The van der Waals surface area contributed by atoms with Gasteiger partial charge in [-0.3, -0.25) is 9.52 Å². The molecule has 0 aliphatic carbocycles.